The van der Waals surface area contributed by atoms with E-state index in [1.807, 2.05) is 44.2 Å². The molecule has 0 aliphatic rings. The van der Waals surface area contributed by atoms with Crippen molar-refractivity contribution >= 4 is 12.4 Å². The third kappa shape index (κ3) is 3.84. The van der Waals surface area contributed by atoms with E-state index in [0.29, 0.717) is 18.2 Å². The van der Waals surface area contributed by atoms with Crippen molar-refractivity contribution in [3.8, 4) is 11.5 Å². The molecule has 0 saturated heterocycles. The van der Waals surface area contributed by atoms with Gasteiger partial charge in [0.15, 0.2) is 0 Å². The smallest absolute Gasteiger partial charge is 0.247 e. The molecule has 0 radical (unpaired) electrons. The maximum absolute atomic E-state index is 5.89. The van der Waals surface area contributed by atoms with Crippen molar-refractivity contribution in [1.82, 2.24) is 10.2 Å². The van der Waals surface area contributed by atoms with Gasteiger partial charge in [-0.25, -0.2) is 0 Å². The van der Waals surface area contributed by atoms with Crippen LogP contribution in [0, 0.1) is 0 Å². The Morgan fingerprint density at radius 3 is 2.41 bits per heavy atom. The summed E-state index contributed by atoms with van der Waals surface area (Å²) < 4.78 is 5.54. The van der Waals surface area contributed by atoms with Crippen molar-refractivity contribution in [2.45, 2.75) is 25.8 Å². The second-order valence-corrected chi connectivity index (χ2v) is 4.53. The fraction of sp³-hybridized carbons (Fsp3) is 0.333. The zero-order valence-corrected chi connectivity index (χ0v) is 10.7. The molecule has 0 saturated carbocycles. The number of hydrogen-bond acceptors (Lipinski definition) is 4. The van der Waals surface area contributed by atoms with Crippen LogP contribution in [0.1, 0.15) is 19.7 Å². The molecule has 0 aliphatic heterocycles. The molecule has 0 fully saturated rings. The van der Waals surface area contributed by atoms with Gasteiger partial charge in [0.25, 0.3) is 0 Å². The number of benzene rings is 1. The Hall–Kier alpha value is -1.39. The van der Waals surface area contributed by atoms with E-state index in [0.717, 1.165) is 5.56 Å². The van der Waals surface area contributed by atoms with Crippen molar-refractivity contribution in [2.24, 2.45) is 5.73 Å². The first-order valence-electron chi connectivity index (χ1n) is 5.21. The Morgan fingerprint density at radius 1 is 1.18 bits per heavy atom. The van der Waals surface area contributed by atoms with E-state index in [-0.39, 0.29) is 17.9 Å². The van der Waals surface area contributed by atoms with Crippen LogP contribution in [0.5, 0.6) is 0 Å². The highest BCUT2D eigenvalue weighted by Gasteiger charge is 2.17. The first-order chi connectivity index (χ1) is 7.54. The van der Waals surface area contributed by atoms with Crippen LogP contribution in [-0.2, 0) is 6.42 Å². The SMILES string of the molecule is CC(C)(N)Cc1nnc(-c2ccccc2)o1.Cl. The number of nitrogens with zero attached hydrogens (tertiary/aromatic N) is 2. The van der Waals surface area contributed by atoms with Crippen molar-refractivity contribution in [1.29, 1.82) is 0 Å². The second-order valence-electron chi connectivity index (χ2n) is 4.53. The molecular formula is C12H16ClN3O. The molecule has 92 valence electrons. The van der Waals surface area contributed by atoms with Crippen molar-refractivity contribution in [3.63, 3.8) is 0 Å². The van der Waals surface area contributed by atoms with Gasteiger partial charge in [-0.15, -0.1) is 22.6 Å². The zero-order chi connectivity index (χ0) is 11.6. The molecule has 1 heterocycles. The standard InChI is InChI=1S/C12H15N3O.ClH/c1-12(2,13)8-10-14-15-11(16-10)9-6-4-3-5-7-9;/h3-7H,8,13H2,1-2H3;1H. The predicted octanol–water partition coefficient (Wildman–Crippen LogP) is 2.44. The molecule has 0 spiro atoms. The average Bonchev–Trinajstić information content (AvgIpc) is 2.65. The summed E-state index contributed by atoms with van der Waals surface area (Å²) in [6.07, 6.45) is 0.576. The van der Waals surface area contributed by atoms with E-state index < -0.39 is 0 Å². The largest absolute Gasteiger partial charge is 0.421 e. The molecule has 2 N–H and O–H groups in total. The molecule has 17 heavy (non-hydrogen) atoms. The number of aromatic nitrogens is 2. The summed E-state index contributed by atoms with van der Waals surface area (Å²) in [7, 11) is 0. The van der Waals surface area contributed by atoms with Gasteiger partial charge in [0, 0.05) is 17.5 Å². The highest BCUT2D eigenvalue weighted by atomic mass is 35.5. The third-order valence-electron chi connectivity index (χ3n) is 2.09. The summed E-state index contributed by atoms with van der Waals surface area (Å²) in [5, 5.41) is 7.98. The molecular weight excluding hydrogens is 238 g/mol. The number of hydrogen-bond donors (Lipinski definition) is 1. The van der Waals surface area contributed by atoms with Gasteiger partial charge in [-0.05, 0) is 26.0 Å². The average molecular weight is 254 g/mol. The third-order valence-corrected chi connectivity index (χ3v) is 2.09. The van der Waals surface area contributed by atoms with Crippen LogP contribution in [0.25, 0.3) is 11.5 Å². The summed E-state index contributed by atoms with van der Waals surface area (Å²) in [4.78, 5) is 0. The molecule has 5 heteroatoms. The van der Waals surface area contributed by atoms with Gasteiger partial charge in [-0.2, -0.15) is 0 Å². The molecule has 1 aromatic carbocycles. The van der Waals surface area contributed by atoms with Crippen molar-refractivity contribution < 1.29 is 4.42 Å². The Morgan fingerprint density at radius 2 is 1.82 bits per heavy atom. The molecule has 0 atom stereocenters. The predicted molar refractivity (Wildman–Crippen MR) is 69.0 cm³/mol. The lowest BCUT2D eigenvalue weighted by atomic mass is 10.0. The van der Waals surface area contributed by atoms with Crippen LogP contribution in [0.2, 0.25) is 0 Å². The Balaban J connectivity index is 0.00000144. The lowest BCUT2D eigenvalue weighted by Crippen LogP contribution is -2.34. The lowest BCUT2D eigenvalue weighted by Gasteiger charge is -2.14. The molecule has 4 nitrogen and oxygen atoms in total. The van der Waals surface area contributed by atoms with E-state index >= 15 is 0 Å². The Kier molecular flexibility index (Phi) is 4.26. The van der Waals surface area contributed by atoms with E-state index in [1.54, 1.807) is 0 Å². The molecule has 0 aliphatic carbocycles. The monoisotopic (exact) mass is 253 g/mol. The van der Waals surface area contributed by atoms with Gasteiger partial charge in [0.1, 0.15) is 0 Å². The molecule has 2 rings (SSSR count). The van der Waals surface area contributed by atoms with Gasteiger partial charge in [-0.1, -0.05) is 18.2 Å². The normalized spacial score (nSPS) is 11.0. The first kappa shape index (κ1) is 13.7. The van der Waals surface area contributed by atoms with Gasteiger partial charge < -0.3 is 10.2 Å². The molecule has 1 aromatic heterocycles. The number of nitrogens with two attached hydrogens (primary N) is 1. The number of rotatable bonds is 3. The Labute approximate surface area is 107 Å². The topological polar surface area (TPSA) is 64.9 Å². The minimum Gasteiger partial charge on any atom is -0.421 e. The molecule has 2 aromatic rings. The van der Waals surface area contributed by atoms with Crippen LogP contribution in [-0.4, -0.2) is 15.7 Å². The maximum Gasteiger partial charge on any atom is 0.247 e. The van der Waals surface area contributed by atoms with Gasteiger partial charge in [0.2, 0.25) is 11.8 Å². The highest BCUT2D eigenvalue weighted by Crippen LogP contribution is 2.18. The fourth-order valence-electron chi connectivity index (χ4n) is 1.41. The van der Waals surface area contributed by atoms with Crippen LogP contribution in [0.3, 0.4) is 0 Å². The summed E-state index contributed by atoms with van der Waals surface area (Å²) >= 11 is 0. The molecule has 0 amide bonds. The summed E-state index contributed by atoms with van der Waals surface area (Å²) in [6.45, 7) is 3.86. The van der Waals surface area contributed by atoms with Crippen molar-refractivity contribution in [2.75, 3.05) is 0 Å². The summed E-state index contributed by atoms with van der Waals surface area (Å²) in [5.41, 5.74) is 6.48. The number of halogens is 1. The minimum atomic E-state index is -0.333. The minimum absolute atomic E-state index is 0. The maximum atomic E-state index is 5.89. The van der Waals surface area contributed by atoms with E-state index in [1.165, 1.54) is 0 Å². The fourth-order valence-corrected chi connectivity index (χ4v) is 1.41. The van der Waals surface area contributed by atoms with Gasteiger partial charge in [-0.3, -0.25) is 0 Å². The van der Waals surface area contributed by atoms with Gasteiger partial charge >= 0.3 is 0 Å². The summed E-state index contributed by atoms with van der Waals surface area (Å²) in [5.74, 6) is 1.12. The van der Waals surface area contributed by atoms with Crippen LogP contribution in [0.15, 0.2) is 34.7 Å². The molecule has 0 bridgehead atoms. The zero-order valence-electron chi connectivity index (χ0n) is 9.88. The van der Waals surface area contributed by atoms with E-state index in [2.05, 4.69) is 10.2 Å². The highest BCUT2D eigenvalue weighted by molar-refractivity contribution is 5.85. The van der Waals surface area contributed by atoms with Crippen LogP contribution in [0.4, 0.5) is 0 Å². The van der Waals surface area contributed by atoms with Crippen molar-refractivity contribution in [3.05, 3.63) is 36.2 Å². The van der Waals surface area contributed by atoms with E-state index in [4.69, 9.17) is 10.2 Å². The second kappa shape index (κ2) is 5.29. The lowest BCUT2D eigenvalue weighted by molar-refractivity contribution is 0.424. The molecule has 0 unspecified atom stereocenters. The van der Waals surface area contributed by atoms with E-state index in [9.17, 15) is 0 Å². The van der Waals surface area contributed by atoms with Crippen LogP contribution >= 0.6 is 12.4 Å². The van der Waals surface area contributed by atoms with Gasteiger partial charge in [0.05, 0.1) is 0 Å². The quantitative estimate of drug-likeness (QED) is 0.913. The van der Waals surface area contributed by atoms with Crippen LogP contribution < -0.4 is 5.73 Å². The Bertz CT molecular complexity index is 462. The first-order valence-corrected chi connectivity index (χ1v) is 5.21. The summed E-state index contributed by atoms with van der Waals surface area (Å²) in [6, 6.07) is 9.69.